The number of likely N-dealkylation sites (tertiary alicyclic amines) is 1. The fraction of sp³-hybridized carbons (Fsp3) is 0.783. The van der Waals surface area contributed by atoms with Crippen LogP contribution in [0.1, 0.15) is 56.7 Å². The highest BCUT2D eigenvalue weighted by Crippen LogP contribution is 2.34. The second-order valence-corrected chi connectivity index (χ2v) is 8.97. The van der Waals surface area contributed by atoms with Crippen LogP contribution in [0.4, 0.5) is 0 Å². The molecule has 2 N–H and O–H groups in total. The molecule has 3 fully saturated rings. The zero-order valence-electron chi connectivity index (χ0n) is 19.0. The van der Waals surface area contributed by atoms with E-state index < -0.39 is 0 Å². The first kappa shape index (κ1) is 24.8. The van der Waals surface area contributed by atoms with Gasteiger partial charge < -0.3 is 19.8 Å². The Kier molecular flexibility index (Phi) is 9.93. The number of hydrogen-bond donors (Lipinski definition) is 2. The molecule has 2 saturated heterocycles. The molecule has 0 radical (unpaired) electrons. The van der Waals surface area contributed by atoms with E-state index in [1.807, 2.05) is 13.1 Å². The summed E-state index contributed by atoms with van der Waals surface area (Å²) in [5.41, 5.74) is 0.231. The summed E-state index contributed by atoms with van der Waals surface area (Å²) in [7, 11) is 1.87. The normalized spacial score (nSPS) is 23.8. The van der Waals surface area contributed by atoms with E-state index >= 15 is 0 Å². The molecule has 1 unspecified atom stereocenters. The molecule has 31 heavy (non-hydrogen) atoms. The molecule has 0 bridgehead atoms. The van der Waals surface area contributed by atoms with Crippen molar-refractivity contribution in [3.05, 3.63) is 24.2 Å². The van der Waals surface area contributed by atoms with Gasteiger partial charge in [-0.1, -0.05) is 19.3 Å². The van der Waals surface area contributed by atoms with E-state index in [2.05, 4.69) is 31.5 Å². The maximum Gasteiger partial charge on any atom is 0.191 e. The highest BCUT2D eigenvalue weighted by molar-refractivity contribution is 14.0. The monoisotopic (exact) mass is 545 g/mol. The van der Waals surface area contributed by atoms with Gasteiger partial charge >= 0.3 is 0 Å². The van der Waals surface area contributed by atoms with E-state index in [1.54, 1.807) is 6.26 Å². The number of aliphatic imine (C=N–C) groups is 1. The molecule has 3 aliphatic rings. The summed E-state index contributed by atoms with van der Waals surface area (Å²) in [5.74, 6) is 1.93. The van der Waals surface area contributed by atoms with Crippen molar-refractivity contribution in [1.82, 2.24) is 20.4 Å². The van der Waals surface area contributed by atoms with E-state index in [-0.39, 0.29) is 35.6 Å². The van der Waals surface area contributed by atoms with Gasteiger partial charge in [0.05, 0.1) is 25.5 Å². The number of nitrogens with one attached hydrogen (secondary N) is 2. The minimum atomic E-state index is 0. The van der Waals surface area contributed by atoms with Crippen molar-refractivity contribution in [1.29, 1.82) is 0 Å². The number of furan rings is 1. The molecule has 3 heterocycles. The van der Waals surface area contributed by atoms with Crippen LogP contribution in [0, 0.1) is 0 Å². The van der Waals surface area contributed by atoms with Crippen LogP contribution in [0.2, 0.25) is 0 Å². The van der Waals surface area contributed by atoms with Gasteiger partial charge in [0.15, 0.2) is 5.96 Å². The summed E-state index contributed by atoms with van der Waals surface area (Å²) in [6, 6.07) is 4.33. The van der Waals surface area contributed by atoms with E-state index in [4.69, 9.17) is 9.15 Å². The lowest BCUT2D eigenvalue weighted by molar-refractivity contribution is -0.0352. The van der Waals surface area contributed by atoms with Crippen LogP contribution in [-0.4, -0.2) is 80.8 Å². The molecule has 176 valence electrons. The predicted octanol–water partition coefficient (Wildman–Crippen LogP) is 3.23. The third-order valence-corrected chi connectivity index (χ3v) is 7.19. The Balaban J connectivity index is 0.00000272. The highest BCUT2D eigenvalue weighted by atomic mass is 127. The Morgan fingerprint density at radius 2 is 1.81 bits per heavy atom. The first-order valence-electron chi connectivity index (χ1n) is 11.9. The molecule has 8 heteroatoms. The molecule has 4 rings (SSSR count). The molecule has 1 saturated carbocycles. The van der Waals surface area contributed by atoms with E-state index in [9.17, 15) is 0 Å². The number of hydrogen-bond acceptors (Lipinski definition) is 5. The summed E-state index contributed by atoms with van der Waals surface area (Å²) in [6.07, 6.45) is 10.8. The molecule has 7 nitrogen and oxygen atoms in total. The number of nitrogens with zero attached hydrogens (tertiary/aromatic N) is 3. The van der Waals surface area contributed by atoms with Crippen molar-refractivity contribution in [3.63, 3.8) is 0 Å². The Hall–Kier alpha value is -0.840. The topological polar surface area (TPSA) is 65.3 Å². The molecule has 1 aromatic heterocycles. The van der Waals surface area contributed by atoms with Gasteiger partial charge in [-0.3, -0.25) is 14.8 Å². The van der Waals surface area contributed by atoms with Gasteiger partial charge in [-0.25, -0.2) is 0 Å². The molecular weight excluding hydrogens is 505 g/mol. The minimum absolute atomic E-state index is 0. The quantitative estimate of drug-likeness (QED) is 0.312. The SMILES string of the molecule is CN=C(NCC(c1ccco1)N1CCCC1)NCC1(N2CCOCC2)CCCCC1.I. The van der Waals surface area contributed by atoms with Gasteiger partial charge in [-0.15, -0.1) is 24.0 Å². The van der Waals surface area contributed by atoms with Crippen LogP contribution >= 0.6 is 24.0 Å². The standard InChI is InChI=1S/C23H39N5O2.HI/c1-24-22(25-18-20(21-8-7-15-30-21)27-11-5-6-12-27)26-19-23(9-3-2-4-10-23)28-13-16-29-17-14-28;/h7-8,15,20H,2-6,9-14,16-19H2,1H3,(H2,24,25,26);1H. The largest absolute Gasteiger partial charge is 0.468 e. The van der Waals surface area contributed by atoms with Crippen LogP contribution in [0.25, 0.3) is 0 Å². The summed E-state index contributed by atoms with van der Waals surface area (Å²) in [4.78, 5) is 9.73. The van der Waals surface area contributed by atoms with Crippen molar-refractivity contribution < 1.29 is 9.15 Å². The summed E-state index contributed by atoms with van der Waals surface area (Å²) in [5, 5.41) is 7.26. The maximum absolute atomic E-state index is 5.76. The highest BCUT2D eigenvalue weighted by Gasteiger charge is 2.38. The number of guanidine groups is 1. The smallest absolute Gasteiger partial charge is 0.191 e. The van der Waals surface area contributed by atoms with Gasteiger partial charge in [-0.05, 0) is 50.9 Å². The molecule has 1 aliphatic carbocycles. The lowest BCUT2D eigenvalue weighted by Crippen LogP contribution is -2.60. The number of rotatable bonds is 7. The number of halogens is 1. The van der Waals surface area contributed by atoms with Gasteiger partial charge in [-0.2, -0.15) is 0 Å². The molecule has 0 amide bonds. The Labute approximate surface area is 204 Å². The fourth-order valence-electron chi connectivity index (χ4n) is 5.46. The summed E-state index contributed by atoms with van der Waals surface area (Å²) in [6.45, 7) is 7.83. The van der Waals surface area contributed by atoms with Crippen molar-refractivity contribution >= 4 is 29.9 Å². The minimum Gasteiger partial charge on any atom is -0.468 e. The summed E-state index contributed by atoms with van der Waals surface area (Å²) >= 11 is 0. The van der Waals surface area contributed by atoms with Gasteiger partial charge in [0.2, 0.25) is 0 Å². The molecular formula is C23H40IN5O2. The third kappa shape index (κ3) is 6.36. The van der Waals surface area contributed by atoms with E-state index in [0.29, 0.717) is 0 Å². The molecule has 2 aliphatic heterocycles. The number of ether oxygens (including phenoxy) is 1. The van der Waals surface area contributed by atoms with Crippen LogP contribution in [0.15, 0.2) is 27.8 Å². The fourth-order valence-corrected chi connectivity index (χ4v) is 5.46. The van der Waals surface area contributed by atoms with E-state index in [1.165, 1.54) is 44.9 Å². The Morgan fingerprint density at radius 3 is 2.45 bits per heavy atom. The van der Waals surface area contributed by atoms with Crippen molar-refractivity contribution in [2.75, 3.05) is 59.5 Å². The van der Waals surface area contributed by atoms with Gasteiger partial charge in [0.25, 0.3) is 0 Å². The molecule has 0 aromatic carbocycles. The van der Waals surface area contributed by atoms with Gasteiger partial charge in [0, 0.05) is 38.8 Å². The van der Waals surface area contributed by atoms with Crippen molar-refractivity contribution in [2.24, 2.45) is 4.99 Å². The predicted molar refractivity (Wildman–Crippen MR) is 135 cm³/mol. The van der Waals surface area contributed by atoms with E-state index in [0.717, 1.165) is 64.2 Å². The second-order valence-electron chi connectivity index (χ2n) is 8.97. The third-order valence-electron chi connectivity index (χ3n) is 7.19. The maximum atomic E-state index is 5.76. The molecule has 1 aromatic rings. The summed E-state index contributed by atoms with van der Waals surface area (Å²) < 4.78 is 11.4. The molecule has 0 spiro atoms. The van der Waals surface area contributed by atoms with Crippen LogP contribution in [0.5, 0.6) is 0 Å². The number of morpholine rings is 1. The average Bonchev–Trinajstić information content (AvgIpc) is 3.52. The van der Waals surface area contributed by atoms with Crippen molar-refractivity contribution in [3.8, 4) is 0 Å². The van der Waals surface area contributed by atoms with Crippen LogP contribution in [0.3, 0.4) is 0 Å². The lowest BCUT2D eigenvalue weighted by Gasteiger charge is -2.48. The van der Waals surface area contributed by atoms with Crippen molar-refractivity contribution in [2.45, 2.75) is 56.5 Å². The Morgan fingerprint density at radius 1 is 1.06 bits per heavy atom. The first-order chi connectivity index (χ1) is 14.8. The van der Waals surface area contributed by atoms with Crippen LogP contribution in [-0.2, 0) is 4.74 Å². The van der Waals surface area contributed by atoms with Gasteiger partial charge in [0.1, 0.15) is 5.76 Å². The average molecular weight is 546 g/mol. The molecule has 1 atom stereocenters. The Bertz CT molecular complexity index is 651. The first-order valence-corrected chi connectivity index (χ1v) is 11.9. The zero-order valence-corrected chi connectivity index (χ0v) is 21.3. The van der Waals surface area contributed by atoms with Crippen LogP contribution < -0.4 is 10.6 Å². The zero-order chi connectivity index (χ0) is 20.7. The second kappa shape index (κ2) is 12.4. The lowest BCUT2D eigenvalue weighted by atomic mass is 9.80.